The van der Waals surface area contributed by atoms with Crippen LogP contribution in [0, 0.1) is 6.07 Å². The smallest absolute Gasteiger partial charge is 0.0286 e. The van der Waals surface area contributed by atoms with Gasteiger partial charge in [-0.05, 0) is 52.0 Å². The van der Waals surface area contributed by atoms with Crippen LogP contribution in [0.25, 0.3) is 0 Å². The fraction of sp³-hybridized carbons (Fsp3) is 0.400. The first-order chi connectivity index (χ1) is 5.27. The number of hydrogen-bond donors (Lipinski definition) is 0. The van der Waals surface area contributed by atoms with Gasteiger partial charge in [-0.25, -0.2) is 0 Å². The van der Waals surface area contributed by atoms with E-state index in [4.69, 9.17) is 0 Å². The zero-order chi connectivity index (χ0) is 8.27. The van der Waals surface area contributed by atoms with Crippen LogP contribution in [-0.4, -0.2) is 0 Å². The molecule has 0 aliphatic rings. The number of aryl methyl sites for hydroxylation is 2. The van der Waals surface area contributed by atoms with Crippen LogP contribution in [0.4, 0.5) is 0 Å². The van der Waals surface area contributed by atoms with Gasteiger partial charge in [0.2, 0.25) is 0 Å². The topological polar surface area (TPSA) is 0 Å². The SMILES string of the molecule is CCc1c[c]c(Br)c(CC)c1. The Kier molecular flexibility index (Phi) is 3.13. The van der Waals surface area contributed by atoms with E-state index in [1.165, 1.54) is 11.1 Å². The van der Waals surface area contributed by atoms with E-state index < -0.39 is 0 Å². The summed E-state index contributed by atoms with van der Waals surface area (Å²) in [6, 6.07) is 7.47. The molecule has 11 heavy (non-hydrogen) atoms. The van der Waals surface area contributed by atoms with Gasteiger partial charge in [0, 0.05) is 4.47 Å². The Balaban J connectivity index is 3.02. The molecule has 1 heteroatoms. The molecule has 0 nitrogen and oxygen atoms in total. The zero-order valence-corrected chi connectivity index (χ0v) is 8.53. The van der Waals surface area contributed by atoms with Crippen molar-refractivity contribution in [1.82, 2.24) is 0 Å². The lowest BCUT2D eigenvalue weighted by Gasteiger charge is -2.02. The van der Waals surface area contributed by atoms with Crippen LogP contribution in [0.1, 0.15) is 25.0 Å². The quantitative estimate of drug-likeness (QED) is 0.704. The molecule has 1 aromatic rings. The minimum Gasteiger partial charge on any atom is -0.0613 e. The lowest BCUT2D eigenvalue weighted by atomic mass is 10.1. The molecule has 1 radical (unpaired) electrons. The van der Waals surface area contributed by atoms with Crippen molar-refractivity contribution in [2.75, 3.05) is 0 Å². The summed E-state index contributed by atoms with van der Waals surface area (Å²) < 4.78 is 1.11. The van der Waals surface area contributed by atoms with Crippen LogP contribution in [0.3, 0.4) is 0 Å². The monoisotopic (exact) mass is 211 g/mol. The van der Waals surface area contributed by atoms with Gasteiger partial charge < -0.3 is 0 Å². The van der Waals surface area contributed by atoms with Crippen LogP contribution in [0.15, 0.2) is 16.6 Å². The largest absolute Gasteiger partial charge is 0.0613 e. The molecule has 1 rings (SSSR count). The van der Waals surface area contributed by atoms with E-state index in [1.54, 1.807) is 0 Å². The van der Waals surface area contributed by atoms with Crippen LogP contribution < -0.4 is 0 Å². The van der Waals surface area contributed by atoms with Crippen LogP contribution in [0.2, 0.25) is 0 Å². The highest BCUT2D eigenvalue weighted by atomic mass is 79.9. The van der Waals surface area contributed by atoms with Gasteiger partial charge in [0.25, 0.3) is 0 Å². The third kappa shape index (κ3) is 2.06. The van der Waals surface area contributed by atoms with Crippen LogP contribution >= 0.6 is 15.9 Å². The highest BCUT2D eigenvalue weighted by Gasteiger charge is 1.97. The summed E-state index contributed by atoms with van der Waals surface area (Å²) in [5.74, 6) is 0. The second kappa shape index (κ2) is 3.91. The summed E-state index contributed by atoms with van der Waals surface area (Å²) in [6.45, 7) is 4.32. The van der Waals surface area contributed by atoms with Gasteiger partial charge >= 0.3 is 0 Å². The Bertz CT molecular complexity index is 241. The Morgan fingerprint density at radius 1 is 1.36 bits per heavy atom. The van der Waals surface area contributed by atoms with Gasteiger partial charge in [-0.2, -0.15) is 0 Å². The van der Waals surface area contributed by atoms with Crippen molar-refractivity contribution in [3.05, 3.63) is 33.8 Å². The first-order valence-electron chi connectivity index (χ1n) is 3.97. The maximum atomic E-state index is 3.46. The summed E-state index contributed by atoms with van der Waals surface area (Å²) in [5.41, 5.74) is 2.72. The van der Waals surface area contributed by atoms with Gasteiger partial charge in [0.1, 0.15) is 0 Å². The Morgan fingerprint density at radius 3 is 2.64 bits per heavy atom. The summed E-state index contributed by atoms with van der Waals surface area (Å²) in [4.78, 5) is 0. The number of hydrogen-bond acceptors (Lipinski definition) is 0. The molecule has 0 bridgehead atoms. The standard InChI is InChI=1S/C10H12Br/c1-3-8-5-6-10(11)9(4-2)7-8/h5,7H,3-4H2,1-2H3. The van der Waals surface area contributed by atoms with Gasteiger partial charge in [0.05, 0.1) is 0 Å². The van der Waals surface area contributed by atoms with Crippen molar-refractivity contribution in [1.29, 1.82) is 0 Å². The molecular formula is C10H12Br. The average molecular weight is 212 g/mol. The second-order valence-electron chi connectivity index (χ2n) is 2.55. The molecule has 1 aromatic carbocycles. The van der Waals surface area contributed by atoms with E-state index in [0.29, 0.717) is 0 Å². The zero-order valence-electron chi connectivity index (χ0n) is 6.95. The summed E-state index contributed by atoms with van der Waals surface area (Å²) in [6.07, 6.45) is 2.17. The molecule has 0 N–H and O–H groups in total. The Morgan fingerprint density at radius 2 is 2.09 bits per heavy atom. The lowest BCUT2D eigenvalue weighted by Crippen LogP contribution is -1.86. The van der Waals surface area contributed by atoms with Crippen molar-refractivity contribution in [3.8, 4) is 0 Å². The van der Waals surface area contributed by atoms with E-state index in [2.05, 4.69) is 41.9 Å². The van der Waals surface area contributed by atoms with Crippen LogP contribution in [-0.2, 0) is 12.8 Å². The van der Waals surface area contributed by atoms with E-state index in [1.807, 2.05) is 6.07 Å². The minimum absolute atomic E-state index is 1.07. The molecule has 59 valence electrons. The van der Waals surface area contributed by atoms with Crippen molar-refractivity contribution in [3.63, 3.8) is 0 Å². The number of rotatable bonds is 2. The Hall–Kier alpha value is -0.300. The van der Waals surface area contributed by atoms with Crippen molar-refractivity contribution in [2.24, 2.45) is 0 Å². The van der Waals surface area contributed by atoms with Crippen LogP contribution in [0.5, 0.6) is 0 Å². The molecule has 0 amide bonds. The highest BCUT2D eigenvalue weighted by molar-refractivity contribution is 9.10. The maximum absolute atomic E-state index is 3.46. The third-order valence-electron chi connectivity index (χ3n) is 1.81. The Labute approximate surface area is 76.8 Å². The molecule has 0 atom stereocenters. The second-order valence-corrected chi connectivity index (χ2v) is 3.35. The molecule has 0 spiro atoms. The van der Waals surface area contributed by atoms with Gasteiger partial charge in [-0.3, -0.25) is 0 Å². The number of benzene rings is 1. The molecule has 0 aromatic heterocycles. The predicted octanol–water partition coefficient (Wildman–Crippen LogP) is 3.37. The van der Waals surface area contributed by atoms with Gasteiger partial charge in [-0.15, -0.1) is 0 Å². The molecular weight excluding hydrogens is 200 g/mol. The first-order valence-corrected chi connectivity index (χ1v) is 4.76. The highest BCUT2D eigenvalue weighted by Crippen LogP contribution is 2.18. The average Bonchev–Trinajstić information content (AvgIpc) is 2.05. The normalized spacial score (nSPS) is 10.1. The maximum Gasteiger partial charge on any atom is 0.0286 e. The van der Waals surface area contributed by atoms with Crippen molar-refractivity contribution in [2.45, 2.75) is 26.7 Å². The third-order valence-corrected chi connectivity index (χ3v) is 2.55. The van der Waals surface area contributed by atoms with E-state index >= 15 is 0 Å². The molecule has 0 unspecified atom stereocenters. The summed E-state index contributed by atoms with van der Waals surface area (Å²) >= 11 is 3.46. The fourth-order valence-corrected chi connectivity index (χ4v) is 1.55. The van der Waals surface area contributed by atoms with Crippen molar-refractivity contribution < 1.29 is 0 Å². The molecule has 0 aliphatic carbocycles. The predicted molar refractivity (Wildman–Crippen MR) is 51.7 cm³/mol. The molecule has 0 fully saturated rings. The van der Waals surface area contributed by atoms with Crippen molar-refractivity contribution >= 4 is 15.9 Å². The summed E-state index contributed by atoms with van der Waals surface area (Å²) in [5, 5.41) is 0. The van der Waals surface area contributed by atoms with Gasteiger partial charge in [0.15, 0.2) is 0 Å². The van der Waals surface area contributed by atoms with E-state index in [9.17, 15) is 0 Å². The molecule has 0 saturated carbocycles. The molecule has 0 heterocycles. The minimum atomic E-state index is 1.07. The lowest BCUT2D eigenvalue weighted by molar-refractivity contribution is 1.08. The first kappa shape index (κ1) is 8.79. The van der Waals surface area contributed by atoms with E-state index in [-0.39, 0.29) is 0 Å². The molecule has 0 aliphatic heterocycles. The van der Waals surface area contributed by atoms with Gasteiger partial charge in [-0.1, -0.05) is 19.9 Å². The summed E-state index contributed by atoms with van der Waals surface area (Å²) in [7, 11) is 0. The van der Waals surface area contributed by atoms with E-state index in [0.717, 1.165) is 17.3 Å². The molecule has 0 saturated heterocycles. The number of halogens is 1. The fourth-order valence-electron chi connectivity index (χ4n) is 1.04.